The van der Waals surface area contributed by atoms with Crippen molar-refractivity contribution in [2.75, 3.05) is 0 Å². The van der Waals surface area contributed by atoms with Crippen molar-refractivity contribution >= 4 is 0 Å². The van der Waals surface area contributed by atoms with Crippen LogP contribution in [0.25, 0.3) is 0 Å². The number of hydrogen-bond acceptors (Lipinski definition) is 3. The number of aliphatic hydroxyl groups is 1. The van der Waals surface area contributed by atoms with E-state index >= 15 is 0 Å². The summed E-state index contributed by atoms with van der Waals surface area (Å²) in [5, 5.41) is 8.69. The number of alkyl halides is 6. The normalized spacial score (nSPS) is 12.9. The minimum atomic E-state index is -5.60. The summed E-state index contributed by atoms with van der Waals surface area (Å²) in [6.45, 7) is -0.554. The molecule has 0 aliphatic heterocycles. The molecule has 0 unspecified atom stereocenters. The van der Waals surface area contributed by atoms with Crippen molar-refractivity contribution < 1.29 is 36.2 Å². The van der Waals surface area contributed by atoms with Crippen LogP contribution in [0.15, 0.2) is 18.3 Å². The lowest BCUT2D eigenvalue weighted by atomic mass is 10.3. The molecule has 1 heterocycles. The van der Waals surface area contributed by atoms with Crippen molar-refractivity contribution in [1.82, 2.24) is 4.98 Å². The highest BCUT2D eigenvalue weighted by molar-refractivity contribution is 5.20. The Morgan fingerprint density at radius 3 is 2.17 bits per heavy atom. The highest BCUT2D eigenvalue weighted by Crippen LogP contribution is 2.36. The molecule has 3 nitrogen and oxygen atoms in total. The third-order valence-electron chi connectivity index (χ3n) is 1.82. The van der Waals surface area contributed by atoms with E-state index in [1.165, 1.54) is 6.07 Å². The molecule has 102 valence electrons. The lowest BCUT2D eigenvalue weighted by molar-refractivity contribution is -0.300. The molecule has 0 atom stereocenters. The van der Waals surface area contributed by atoms with E-state index in [9.17, 15) is 26.3 Å². The number of ether oxygens (including phenoxy) is 1. The highest BCUT2D eigenvalue weighted by atomic mass is 19.4. The predicted octanol–water partition coefficient (Wildman–Crippen LogP) is 2.45. The molecule has 0 saturated heterocycles. The average molecular weight is 275 g/mol. The summed E-state index contributed by atoms with van der Waals surface area (Å²) < 4.78 is 76.8. The summed E-state index contributed by atoms with van der Waals surface area (Å²) in [4.78, 5) is 3.22. The Balaban J connectivity index is 2.97. The Labute approximate surface area is 97.0 Å². The lowest BCUT2D eigenvalue weighted by Gasteiger charge is -2.23. The summed E-state index contributed by atoms with van der Waals surface area (Å²) in [5.41, 5.74) is 0.0862. The molecule has 9 heteroatoms. The van der Waals surface area contributed by atoms with Gasteiger partial charge in [-0.15, -0.1) is 0 Å². The van der Waals surface area contributed by atoms with Crippen molar-refractivity contribution in [3.8, 4) is 5.88 Å². The number of halogens is 6. The first-order chi connectivity index (χ1) is 8.14. The van der Waals surface area contributed by atoms with E-state index in [1.54, 1.807) is 0 Å². The molecule has 0 aliphatic rings. The fourth-order valence-corrected chi connectivity index (χ4v) is 1.05. The Morgan fingerprint density at radius 2 is 1.72 bits per heavy atom. The number of aliphatic hydroxyl groups excluding tert-OH is 1. The second kappa shape index (κ2) is 5.01. The van der Waals surface area contributed by atoms with Crippen LogP contribution in [0.2, 0.25) is 0 Å². The number of nitrogens with zero attached hydrogens (tertiary/aromatic N) is 1. The molecule has 1 aromatic rings. The number of aromatic nitrogens is 1. The van der Waals surface area contributed by atoms with Gasteiger partial charge in [-0.05, 0) is 11.6 Å². The summed E-state index contributed by atoms with van der Waals surface area (Å²) >= 11 is 0. The van der Waals surface area contributed by atoms with E-state index in [0.29, 0.717) is 0 Å². The summed E-state index contributed by atoms with van der Waals surface area (Å²) in [7, 11) is 0. The van der Waals surface area contributed by atoms with Crippen molar-refractivity contribution in [3.05, 3.63) is 23.9 Å². The predicted molar refractivity (Wildman–Crippen MR) is 46.7 cm³/mol. The molecule has 18 heavy (non-hydrogen) atoms. The van der Waals surface area contributed by atoms with Crippen LogP contribution in [-0.4, -0.2) is 28.5 Å². The van der Waals surface area contributed by atoms with Crippen LogP contribution in [0.5, 0.6) is 5.88 Å². The second-order valence-electron chi connectivity index (χ2n) is 3.24. The quantitative estimate of drug-likeness (QED) is 0.861. The number of pyridine rings is 1. The summed E-state index contributed by atoms with van der Waals surface area (Å²) in [5.74, 6) is -0.860. The molecule has 0 bridgehead atoms. The fraction of sp³-hybridized carbons (Fsp3) is 0.444. The van der Waals surface area contributed by atoms with E-state index in [1.807, 2.05) is 0 Å². The first-order valence-electron chi connectivity index (χ1n) is 4.50. The van der Waals surface area contributed by atoms with Crippen LogP contribution < -0.4 is 4.74 Å². The average Bonchev–Trinajstić information content (AvgIpc) is 2.23. The molecule has 1 aromatic heterocycles. The van der Waals surface area contributed by atoms with Crippen molar-refractivity contribution in [1.29, 1.82) is 0 Å². The van der Waals surface area contributed by atoms with Crippen LogP contribution in [-0.2, 0) is 6.61 Å². The molecule has 0 aliphatic carbocycles. The van der Waals surface area contributed by atoms with Crippen LogP contribution in [0.1, 0.15) is 5.56 Å². The smallest absolute Gasteiger partial charge is 0.434 e. The standard InChI is InChI=1S/C9H7F6NO2/c10-8(11,12)7(9(13,14)15)18-6-3-5(4-17)1-2-16-6/h1-3,7,17H,4H2. The Morgan fingerprint density at radius 1 is 1.17 bits per heavy atom. The minimum Gasteiger partial charge on any atom is -0.455 e. The Kier molecular flexibility index (Phi) is 4.05. The van der Waals surface area contributed by atoms with Gasteiger partial charge in [0.05, 0.1) is 6.61 Å². The zero-order valence-electron chi connectivity index (χ0n) is 8.59. The largest absolute Gasteiger partial charge is 0.455 e. The summed E-state index contributed by atoms with van der Waals surface area (Å²) in [6, 6.07) is 2.02. The van der Waals surface area contributed by atoms with E-state index in [2.05, 4.69) is 9.72 Å². The molecule has 0 spiro atoms. The van der Waals surface area contributed by atoms with Gasteiger partial charge in [-0.25, -0.2) is 4.98 Å². The van der Waals surface area contributed by atoms with Crippen LogP contribution in [0.4, 0.5) is 26.3 Å². The molecule has 0 fully saturated rings. The lowest BCUT2D eigenvalue weighted by Crippen LogP contribution is -2.46. The molecule has 1 rings (SSSR count). The zero-order valence-corrected chi connectivity index (χ0v) is 8.59. The molecular formula is C9H7F6NO2. The SMILES string of the molecule is OCc1ccnc(OC(C(F)(F)F)C(F)(F)F)c1. The van der Waals surface area contributed by atoms with E-state index < -0.39 is 30.9 Å². The van der Waals surface area contributed by atoms with Gasteiger partial charge >= 0.3 is 12.4 Å². The molecule has 1 N–H and O–H groups in total. The Bertz CT molecular complexity index is 389. The maximum absolute atomic E-state index is 12.2. The van der Waals surface area contributed by atoms with Gasteiger partial charge in [0.15, 0.2) is 0 Å². The van der Waals surface area contributed by atoms with Crippen molar-refractivity contribution in [2.24, 2.45) is 0 Å². The van der Waals surface area contributed by atoms with Gasteiger partial charge in [0.2, 0.25) is 5.88 Å². The molecule has 0 radical (unpaired) electrons. The van der Waals surface area contributed by atoms with Gasteiger partial charge in [0.25, 0.3) is 6.10 Å². The van der Waals surface area contributed by atoms with Gasteiger partial charge < -0.3 is 9.84 Å². The highest BCUT2D eigenvalue weighted by Gasteiger charge is 2.59. The van der Waals surface area contributed by atoms with Crippen LogP contribution in [0, 0.1) is 0 Å². The third-order valence-corrected chi connectivity index (χ3v) is 1.82. The molecular weight excluding hydrogens is 268 g/mol. The Hall–Kier alpha value is -1.51. The fourth-order valence-electron chi connectivity index (χ4n) is 1.05. The molecule has 0 saturated carbocycles. The van der Waals surface area contributed by atoms with E-state index in [0.717, 1.165) is 12.3 Å². The molecule has 0 aromatic carbocycles. The van der Waals surface area contributed by atoms with Gasteiger partial charge in [-0.2, -0.15) is 26.3 Å². The van der Waals surface area contributed by atoms with Gasteiger partial charge in [-0.3, -0.25) is 0 Å². The van der Waals surface area contributed by atoms with Crippen molar-refractivity contribution in [2.45, 2.75) is 25.1 Å². The second-order valence-corrected chi connectivity index (χ2v) is 3.24. The van der Waals surface area contributed by atoms with Gasteiger partial charge in [-0.1, -0.05) is 0 Å². The maximum atomic E-state index is 12.2. The topological polar surface area (TPSA) is 42.4 Å². The van der Waals surface area contributed by atoms with Crippen LogP contribution >= 0.6 is 0 Å². The van der Waals surface area contributed by atoms with E-state index in [-0.39, 0.29) is 5.56 Å². The monoisotopic (exact) mass is 275 g/mol. The number of rotatable bonds is 3. The minimum absolute atomic E-state index is 0.0862. The maximum Gasteiger partial charge on any atom is 0.434 e. The third kappa shape index (κ3) is 3.76. The van der Waals surface area contributed by atoms with Crippen molar-refractivity contribution in [3.63, 3.8) is 0 Å². The van der Waals surface area contributed by atoms with Crippen LogP contribution in [0.3, 0.4) is 0 Å². The number of hydrogen-bond donors (Lipinski definition) is 1. The zero-order chi connectivity index (χ0) is 14.0. The van der Waals surface area contributed by atoms with Gasteiger partial charge in [0.1, 0.15) is 0 Å². The first kappa shape index (κ1) is 14.6. The molecule has 0 amide bonds. The summed E-state index contributed by atoms with van der Waals surface area (Å²) in [6.07, 6.45) is -14.2. The van der Waals surface area contributed by atoms with E-state index in [4.69, 9.17) is 5.11 Å². The van der Waals surface area contributed by atoms with Gasteiger partial charge in [0, 0.05) is 12.3 Å². The first-order valence-corrected chi connectivity index (χ1v) is 4.50.